The van der Waals surface area contributed by atoms with Gasteiger partial charge in [0.05, 0.1) is 7.11 Å². The van der Waals surface area contributed by atoms with Crippen molar-refractivity contribution in [2.24, 2.45) is 0 Å². The summed E-state index contributed by atoms with van der Waals surface area (Å²) in [6, 6.07) is 6.48. The fraction of sp³-hybridized carbons (Fsp3) is 0.538. The predicted octanol–water partition coefficient (Wildman–Crippen LogP) is 3.91. The van der Waals surface area contributed by atoms with Gasteiger partial charge in [-0.2, -0.15) is 0 Å². The average molecular weight is 192 g/mol. The lowest BCUT2D eigenvalue weighted by Gasteiger charge is -2.17. The Balaban J connectivity index is 3.06. The standard InChI is InChI=1S/C13H20O/c1-5-11(6-2)12-8-7-10(3)9-13(12)14-4/h7-9,11H,5-6H2,1-4H3. The van der Waals surface area contributed by atoms with Gasteiger partial charge in [0.15, 0.2) is 0 Å². The van der Waals surface area contributed by atoms with Crippen molar-refractivity contribution in [2.45, 2.75) is 39.5 Å². The van der Waals surface area contributed by atoms with Crippen molar-refractivity contribution in [3.63, 3.8) is 0 Å². The Morgan fingerprint density at radius 1 is 1.21 bits per heavy atom. The summed E-state index contributed by atoms with van der Waals surface area (Å²) in [5, 5.41) is 0. The molecule has 0 spiro atoms. The number of hydrogen-bond donors (Lipinski definition) is 0. The molecular formula is C13H20O. The third-order valence-corrected chi connectivity index (χ3v) is 2.81. The highest BCUT2D eigenvalue weighted by Gasteiger charge is 2.11. The summed E-state index contributed by atoms with van der Waals surface area (Å²) in [5.41, 5.74) is 2.61. The van der Waals surface area contributed by atoms with E-state index in [9.17, 15) is 0 Å². The number of aryl methyl sites for hydroxylation is 1. The second-order valence-corrected chi connectivity index (χ2v) is 3.76. The number of rotatable bonds is 4. The van der Waals surface area contributed by atoms with Gasteiger partial charge >= 0.3 is 0 Å². The first kappa shape index (κ1) is 11.1. The van der Waals surface area contributed by atoms with E-state index in [4.69, 9.17) is 4.74 Å². The van der Waals surface area contributed by atoms with E-state index in [1.807, 2.05) is 0 Å². The maximum Gasteiger partial charge on any atom is 0.122 e. The van der Waals surface area contributed by atoms with E-state index in [2.05, 4.69) is 39.0 Å². The van der Waals surface area contributed by atoms with Crippen LogP contribution in [0, 0.1) is 6.92 Å². The van der Waals surface area contributed by atoms with Crippen LogP contribution in [0.1, 0.15) is 43.7 Å². The maximum absolute atomic E-state index is 5.41. The Hall–Kier alpha value is -0.980. The lowest BCUT2D eigenvalue weighted by Crippen LogP contribution is -1.99. The lowest BCUT2D eigenvalue weighted by atomic mass is 9.92. The van der Waals surface area contributed by atoms with Crippen LogP contribution in [-0.2, 0) is 0 Å². The van der Waals surface area contributed by atoms with Gasteiger partial charge in [-0.15, -0.1) is 0 Å². The molecule has 0 aromatic heterocycles. The molecule has 0 aliphatic rings. The molecule has 0 aliphatic carbocycles. The van der Waals surface area contributed by atoms with Gasteiger partial charge < -0.3 is 4.74 Å². The monoisotopic (exact) mass is 192 g/mol. The Kier molecular flexibility index (Phi) is 3.99. The SMILES string of the molecule is CCC(CC)c1ccc(C)cc1OC. The van der Waals surface area contributed by atoms with Crippen LogP contribution in [0.2, 0.25) is 0 Å². The molecule has 0 heterocycles. The molecular weight excluding hydrogens is 172 g/mol. The van der Waals surface area contributed by atoms with Crippen molar-refractivity contribution in [3.8, 4) is 5.75 Å². The van der Waals surface area contributed by atoms with Crippen LogP contribution in [0.5, 0.6) is 5.75 Å². The second kappa shape index (κ2) is 5.04. The smallest absolute Gasteiger partial charge is 0.122 e. The first-order chi connectivity index (χ1) is 6.72. The van der Waals surface area contributed by atoms with Crippen molar-refractivity contribution in [1.29, 1.82) is 0 Å². The van der Waals surface area contributed by atoms with Crippen molar-refractivity contribution < 1.29 is 4.74 Å². The van der Waals surface area contributed by atoms with Crippen LogP contribution in [0.4, 0.5) is 0 Å². The van der Waals surface area contributed by atoms with Crippen LogP contribution in [0.15, 0.2) is 18.2 Å². The molecule has 1 heteroatoms. The minimum Gasteiger partial charge on any atom is -0.496 e. The molecule has 0 N–H and O–H groups in total. The summed E-state index contributed by atoms with van der Waals surface area (Å²) >= 11 is 0. The van der Waals surface area contributed by atoms with Gasteiger partial charge in [0.1, 0.15) is 5.75 Å². The Morgan fingerprint density at radius 2 is 1.86 bits per heavy atom. The Labute approximate surface area is 87.1 Å². The molecule has 1 rings (SSSR count). The fourth-order valence-electron chi connectivity index (χ4n) is 1.88. The molecule has 0 fully saturated rings. The number of benzene rings is 1. The molecule has 0 amide bonds. The van der Waals surface area contributed by atoms with Crippen LogP contribution < -0.4 is 4.74 Å². The molecule has 78 valence electrons. The van der Waals surface area contributed by atoms with Crippen molar-refractivity contribution >= 4 is 0 Å². The van der Waals surface area contributed by atoms with Gasteiger partial charge in [0, 0.05) is 0 Å². The van der Waals surface area contributed by atoms with Crippen LogP contribution >= 0.6 is 0 Å². The first-order valence-electron chi connectivity index (χ1n) is 5.37. The summed E-state index contributed by atoms with van der Waals surface area (Å²) in [4.78, 5) is 0. The van der Waals surface area contributed by atoms with E-state index in [0.717, 1.165) is 5.75 Å². The van der Waals surface area contributed by atoms with Crippen LogP contribution in [0.3, 0.4) is 0 Å². The molecule has 0 saturated heterocycles. The van der Waals surface area contributed by atoms with E-state index >= 15 is 0 Å². The van der Waals surface area contributed by atoms with E-state index in [1.54, 1.807) is 7.11 Å². The van der Waals surface area contributed by atoms with E-state index < -0.39 is 0 Å². The van der Waals surface area contributed by atoms with Crippen LogP contribution in [-0.4, -0.2) is 7.11 Å². The number of hydrogen-bond acceptors (Lipinski definition) is 1. The lowest BCUT2D eigenvalue weighted by molar-refractivity contribution is 0.403. The predicted molar refractivity (Wildman–Crippen MR) is 61.1 cm³/mol. The number of ether oxygens (including phenoxy) is 1. The van der Waals surface area contributed by atoms with Gasteiger partial charge in [-0.25, -0.2) is 0 Å². The van der Waals surface area contributed by atoms with Gasteiger partial charge in [-0.3, -0.25) is 0 Å². The molecule has 0 radical (unpaired) electrons. The van der Waals surface area contributed by atoms with Crippen LogP contribution in [0.25, 0.3) is 0 Å². The highest BCUT2D eigenvalue weighted by atomic mass is 16.5. The first-order valence-corrected chi connectivity index (χ1v) is 5.37. The Bertz CT molecular complexity index is 287. The minimum absolute atomic E-state index is 0.630. The molecule has 0 aliphatic heterocycles. The molecule has 14 heavy (non-hydrogen) atoms. The molecule has 0 bridgehead atoms. The molecule has 1 nitrogen and oxygen atoms in total. The fourth-order valence-corrected chi connectivity index (χ4v) is 1.88. The second-order valence-electron chi connectivity index (χ2n) is 3.76. The van der Waals surface area contributed by atoms with E-state index in [1.165, 1.54) is 24.0 Å². The summed E-state index contributed by atoms with van der Waals surface area (Å²) in [6.07, 6.45) is 2.35. The topological polar surface area (TPSA) is 9.23 Å². The van der Waals surface area contributed by atoms with E-state index in [0.29, 0.717) is 5.92 Å². The summed E-state index contributed by atoms with van der Waals surface area (Å²) in [5.74, 6) is 1.67. The summed E-state index contributed by atoms with van der Waals surface area (Å²) in [6.45, 7) is 6.56. The van der Waals surface area contributed by atoms with Gasteiger partial charge in [0.2, 0.25) is 0 Å². The molecule has 0 unspecified atom stereocenters. The third kappa shape index (κ3) is 2.28. The quantitative estimate of drug-likeness (QED) is 0.703. The Morgan fingerprint density at radius 3 is 2.36 bits per heavy atom. The van der Waals surface area contributed by atoms with Crippen molar-refractivity contribution in [1.82, 2.24) is 0 Å². The zero-order valence-electron chi connectivity index (χ0n) is 9.63. The van der Waals surface area contributed by atoms with Gasteiger partial charge in [0.25, 0.3) is 0 Å². The highest BCUT2D eigenvalue weighted by molar-refractivity contribution is 5.39. The molecule has 1 aromatic carbocycles. The third-order valence-electron chi connectivity index (χ3n) is 2.81. The van der Waals surface area contributed by atoms with E-state index in [-0.39, 0.29) is 0 Å². The van der Waals surface area contributed by atoms with Gasteiger partial charge in [-0.1, -0.05) is 26.0 Å². The minimum atomic E-state index is 0.630. The molecule has 0 atom stereocenters. The largest absolute Gasteiger partial charge is 0.496 e. The summed E-state index contributed by atoms with van der Waals surface area (Å²) < 4.78 is 5.41. The average Bonchev–Trinajstić information content (AvgIpc) is 2.21. The maximum atomic E-state index is 5.41. The molecule has 1 aromatic rings. The van der Waals surface area contributed by atoms with Crippen molar-refractivity contribution in [2.75, 3.05) is 7.11 Å². The summed E-state index contributed by atoms with van der Waals surface area (Å²) in [7, 11) is 1.75. The zero-order chi connectivity index (χ0) is 10.6. The number of methoxy groups -OCH3 is 1. The normalized spacial score (nSPS) is 10.6. The highest BCUT2D eigenvalue weighted by Crippen LogP contribution is 2.31. The zero-order valence-corrected chi connectivity index (χ0v) is 9.63. The molecule has 0 saturated carbocycles. The van der Waals surface area contributed by atoms with Crippen molar-refractivity contribution in [3.05, 3.63) is 29.3 Å². The van der Waals surface area contributed by atoms with Gasteiger partial charge in [-0.05, 0) is 42.9 Å².